The number of hydrogen-bond acceptors (Lipinski definition) is 7. The van der Waals surface area contributed by atoms with Gasteiger partial charge in [-0.1, -0.05) is 6.42 Å². The van der Waals surface area contributed by atoms with Gasteiger partial charge in [0.15, 0.2) is 0 Å². The van der Waals surface area contributed by atoms with Crippen molar-refractivity contribution >= 4 is 12.1 Å². The maximum Gasteiger partial charge on any atom is 0.410 e. The number of hydrogen-bond donors (Lipinski definition) is 2. The zero-order valence-electron chi connectivity index (χ0n) is 19.5. The van der Waals surface area contributed by atoms with Crippen LogP contribution >= 0.6 is 0 Å². The van der Waals surface area contributed by atoms with E-state index < -0.39 is 5.97 Å². The fourth-order valence-corrected chi connectivity index (χ4v) is 3.50. The van der Waals surface area contributed by atoms with E-state index >= 15 is 0 Å². The number of aromatic hydroxyl groups is 1. The van der Waals surface area contributed by atoms with Crippen molar-refractivity contribution in [1.82, 2.24) is 10.2 Å². The van der Waals surface area contributed by atoms with E-state index in [4.69, 9.17) is 15.1 Å². The molecule has 0 aromatic heterocycles. The molecule has 0 atom stereocenters. The molecule has 0 unspecified atom stereocenters. The monoisotopic (exact) mass is 445 g/mol. The molecule has 0 spiro atoms. The van der Waals surface area contributed by atoms with Crippen LogP contribution in [0.15, 0.2) is 18.2 Å². The average molecular weight is 446 g/mol. The molecule has 1 aromatic rings. The topological polar surface area (TPSA) is 112 Å². The first-order chi connectivity index (χ1) is 15.1. The number of nitrogens with one attached hydrogen (secondary N) is 1. The van der Waals surface area contributed by atoms with Gasteiger partial charge in [-0.25, -0.2) is 9.59 Å². The maximum absolute atomic E-state index is 11.9. The number of nitrogens with zero attached hydrogens (tertiary/aromatic N) is 2. The predicted molar refractivity (Wildman–Crippen MR) is 120 cm³/mol. The number of carbonyl (C=O) groups is 2. The molecule has 8 heteroatoms. The number of carbonyl (C=O) groups excluding carboxylic acids is 2. The Bertz CT molecular complexity index is 816. The summed E-state index contributed by atoms with van der Waals surface area (Å²) in [6, 6.07) is 6.49. The van der Waals surface area contributed by atoms with Crippen molar-refractivity contribution in [3.8, 4) is 11.8 Å². The average Bonchev–Trinajstić information content (AvgIpc) is 2.71. The van der Waals surface area contributed by atoms with Crippen molar-refractivity contribution in [2.45, 2.75) is 64.5 Å². The second kappa shape index (κ2) is 11.7. The van der Waals surface area contributed by atoms with Gasteiger partial charge >= 0.3 is 12.1 Å². The van der Waals surface area contributed by atoms with E-state index in [9.17, 15) is 9.59 Å². The van der Waals surface area contributed by atoms with Crippen LogP contribution in [0.3, 0.4) is 0 Å². The van der Waals surface area contributed by atoms with E-state index in [0.29, 0.717) is 0 Å². The van der Waals surface area contributed by atoms with Crippen molar-refractivity contribution in [1.29, 1.82) is 5.26 Å². The van der Waals surface area contributed by atoms with Crippen LogP contribution in [0.1, 0.15) is 68.8 Å². The largest absolute Gasteiger partial charge is 0.508 e. The number of rotatable bonds is 4. The van der Waals surface area contributed by atoms with Gasteiger partial charge in [0.1, 0.15) is 17.4 Å². The number of methoxy groups -OCH3 is 1. The molecule has 0 radical (unpaired) electrons. The van der Waals surface area contributed by atoms with Crippen molar-refractivity contribution in [2.24, 2.45) is 5.92 Å². The van der Waals surface area contributed by atoms with Crippen molar-refractivity contribution in [2.75, 3.05) is 26.7 Å². The molecule has 1 aliphatic carbocycles. The van der Waals surface area contributed by atoms with Crippen molar-refractivity contribution < 1.29 is 24.2 Å². The minimum atomic E-state index is -0.632. The first-order valence-electron chi connectivity index (χ1n) is 11.2. The normalized spacial score (nSPS) is 16.8. The highest BCUT2D eigenvalue weighted by Crippen LogP contribution is 2.22. The number of phenols is 1. The van der Waals surface area contributed by atoms with Crippen LogP contribution in [0.25, 0.3) is 0 Å². The molecule has 176 valence electrons. The minimum absolute atomic E-state index is 0.0700. The maximum atomic E-state index is 11.9. The van der Waals surface area contributed by atoms with Gasteiger partial charge < -0.3 is 24.8 Å². The summed E-state index contributed by atoms with van der Waals surface area (Å²) in [5.41, 5.74) is -0.130. The lowest BCUT2D eigenvalue weighted by Crippen LogP contribution is -2.45. The number of ether oxygens (including phenoxy) is 2. The van der Waals surface area contributed by atoms with E-state index in [1.54, 1.807) is 0 Å². The molecule has 1 aliphatic heterocycles. The van der Waals surface area contributed by atoms with Crippen LogP contribution < -0.4 is 5.32 Å². The second-order valence-corrected chi connectivity index (χ2v) is 9.28. The summed E-state index contributed by atoms with van der Waals surface area (Å²) in [7, 11) is 1.22. The Hall–Kier alpha value is -2.79. The van der Waals surface area contributed by atoms with Crippen LogP contribution in [0.2, 0.25) is 0 Å². The molecule has 32 heavy (non-hydrogen) atoms. The zero-order chi connectivity index (χ0) is 23.7. The third-order valence-electron chi connectivity index (χ3n) is 5.60. The first kappa shape index (κ1) is 25.5. The molecule has 2 fully saturated rings. The summed E-state index contributed by atoms with van der Waals surface area (Å²) in [6.07, 6.45) is 6.11. The number of benzene rings is 1. The molecule has 2 aliphatic rings. The van der Waals surface area contributed by atoms with Gasteiger partial charge in [-0.05, 0) is 77.1 Å². The molecule has 1 heterocycles. The van der Waals surface area contributed by atoms with Gasteiger partial charge in [-0.3, -0.25) is 0 Å². The fraction of sp³-hybridized carbons (Fsp3) is 0.625. The molecule has 1 aromatic carbocycles. The Morgan fingerprint density at radius 1 is 1.22 bits per heavy atom. The van der Waals surface area contributed by atoms with Crippen molar-refractivity contribution in [3.63, 3.8) is 0 Å². The number of likely N-dealkylation sites (tertiary alicyclic amines) is 1. The van der Waals surface area contributed by atoms with Gasteiger partial charge in [0.2, 0.25) is 0 Å². The number of phenolic OH excluding ortho intramolecular Hbond substituents is 1. The molecule has 0 bridgehead atoms. The molecular formula is C24H35N3O5. The van der Waals surface area contributed by atoms with E-state index in [0.717, 1.165) is 44.4 Å². The Morgan fingerprint density at radius 3 is 2.38 bits per heavy atom. The molecule has 2 N–H and O–H groups in total. The SMILES string of the molecule is CC(C)(C)OC(=O)N1CCC(CNC2CCC2)CC1.COC(=O)c1cc(O)ccc1C#N. The number of esters is 1. The number of amides is 1. The van der Waals surface area contributed by atoms with Gasteiger partial charge in [-0.15, -0.1) is 0 Å². The molecule has 8 nitrogen and oxygen atoms in total. The van der Waals surface area contributed by atoms with E-state index in [2.05, 4.69) is 10.1 Å². The second-order valence-electron chi connectivity index (χ2n) is 9.28. The minimum Gasteiger partial charge on any atom is -0.508 e. The highest BCUT2D eigenvalue weighted by molar-refractivity contribution is 5.92. The van der Waals surface area contributed by atoms with E-state index in [1.165, 1.54) is 44.6 Å². The molecule has 1 amide bonds. The first-order valence-corrected chi connectivity index (χ1v) is 11.2. The van der Waals surface area contributed by atoms with Crippen LogP contribution in [0.5, 0.6) is 5.75 Å². The summed E-state index contributed by atoms with van der Waals surface area (Å²) in [5, 5.41) is 21.3. The van der Waals surface area contributed by atoms with Crippen LogP contribution in [-0.2, 0) is 9.47 Å². The Labute approximate surface area is 190 Å². The van der Waals surface area contributed by atoms with Crippen LogP contribution in [0.4, 0.5) is 4.79 Å². The smallest absolute Gasteiger partial charge is 0.410 e. The van der Waals surface area contributed by atoms with Gasteiger partial charge in [-0.2, -0.15) is 5.26 Å². The van der Waals surface area contributed by atoms with E-state index in [-0.39, 0.29) is 28.6 Å². The van der Waals surface area contributed by atoms with Gasteiger partial charge in [0, 0.05) is 19.1 Å². The Balaban J connectivity index is 0.000000244. The lowest BCUT2D eigenvalue weighted by molar-refractivity contribution is 0.0182. The third-order valence-corrected chi connectivity index (χ3v) is 5.60. The summed E-state index contributed by atoms with van der Waals surface area (Å²) in [4.78, 5) is 24.8. The van der Waals surface area contributed by atoms with Gasteiger partial charge in [0.05, 0.1) is 18.2 Å². The summed E-state index contributed by atoms with van der Waals surface area (Å²) >= 11 is 0. The fourth-order valence-electron chi connectivity index (χ4n) is 3.50. The van der Waals surface area contributed by atoms with Crippen LogP contribution in [0, 0.1) is 17.2 Å². The zero-order valence-corrected chi connectivity index (χ0v) is 19.5. The quantitative estimate of drug-likeness (QED) is 0.678. The van der Waals surface area contributed by atoms with E-state index in [1.807, 2.05) is 31.7 Å². The predicted octanol–water partition coefficient (Wildman–Crippen LogP) is 3.83. The molecule has 1 saturated carbocycles. The third kappa shape index (κ3) is 8.04. The molecular weight excluding hydrogens is 410 g/mol. The molecule has 3 rings (SSSR count). The lowest BCUT2D eigenvalue weighted by Gasteiger charge is -2.35. The highest BCUT2D eigenvalue weighted by Gasteiger charge is 2.27. The van der Waals surface area contributed by atoms with Crippen molar-refractivity contribution in [3.05, 3.63) is 29.3 Å². The standard InChI is InChI=1S/C15H28N2O2.C9H7NO3/c1-15(2,3)19-14(18)17-9-7-12(8-10-17)11-16-13-5-4-6-13;1-13-9(12)8-4-7(11)3-2-6(8)5-10/h12-13,16H,4-11H2,1-3H3;2-4,11H,1H3. The Kier molecular flexibility index (Phi) is 9.33. The van der Waals surface area contributed by atoms with Gasteiger partial charge in [0.25, 0.3) is 0 Å². The molecule has 1 saturated heterocycles. The van der Waals surface area contributed by atoms with Crippen LogP contribution in [-0.4, -0.2) is 60.5 Å². The number of nitriles is 1. The summed E-state index contributed by atoms with van der Waals surface area (Å²) in [5.74, 6) is 0.0196. The Morgan fingerprint density at radius 2 is 1.88 bits per heavy atom. The summed E-state index contributed by atoms with van der Waals surface area (Å²) < 4.78 is 9.84. The highest BCUT2D eigenvalue weighted by atomic mass is 16.6. The summed E-state index contributed by atoms with van der Waals surface area (Å²) in [6.45, 7) is 8.55. The number of piperidine rings is 1. The lowest BCUT2D eigenvalue weighted by atomic mass is 9.91.